The lowest BCUT2D eigenvalue weighted by atomic mass is 10.1. The third-order valence-electron chi connectivity index (χ3n) is 5.76. The number of anilines is 1. The summed E-state index contributed by atoms with van der Waals surface area (Å²) in [7, 11) is 1.82. The predicted octanol–water partition coefficient (Wildman–Crippen LogP) is -0.469. The monoisotopic (exact) mass is 414 g/mol. The minimum absolute atomic E-state index is 0.0545. The van der Waals surface area contributed by atoms with Crippen molar-refractivity contribution in [3.63, 3.8) is 0 Å². The summed E-state index contributed by atoms with van der Waals surface area (Å²) < 4.78 is 5.56. The first-order valence-corrected chi connectivity index (χ1v) is 10.8. The second-order valence-corrected chi connectivity index (χ2v) is 8.17. The lowest BCUT2D eigenvalue weighted by Crippen LogP contribution is -3.28. The van der Waals surface area contributed by atoms with Crippen LogP contribution >= 0.6 is 0 Å². The van der Waals surface area contributed by atoms with Gasteiger partial charge in [-0.15, -0.1) is 0 Å². The van der Waals surface area contributed by atoms with Gasteiger partial charge in [0.1, 0.15) is 37.7 Å². The van der Waals surface area contributed by atoms with Gasteiger partial charge in [0.05, 0.1) is 6.54 Å². The molecular weight excluding hydrogens is 380 g/mol. The zero-order valence-electron chi connectivity index (χ0n) is 18.3. The van der Waals surface area contributed by atoms with Crippen molar-refractivity contribution in [2.75, 3.05) is 51.6 Å². The quantitative estimate of drug-likeness (QED) is 0.547. The van der Waals surface area contributed by atoms with Gasteiger partial charge in [0.25, 0.3) is 11.8 Å². The Balaban J connectivity index is 1.40. The summed E-state index contributed by atoms with van der Waals surface area (Å²) >= 11 is 0. The van der Waals surface area contributed by atoms with E-state index in [2.05, 4.69) is 12.2 Å². The standard InChI is InChI=1S/C23H32N4O3/c1-4-19-7-5-6-8-21(19)24-22(28)16-26-11-13-27(14-12-26)17-23(29)25(3)15-20-10-9-18(2)30-20/h5-10H,4,11-17H2,1-3H3,(H,24,28)/p+2. The number of carbonyl (C=O) groups is 2. The van der Waals surface area contributed by atoms with Crippen LogP contribution in [0, 0.1) is 6.92 Å². The molecule has 1 aromatic carbocycles. The number of amides is 2. The van der Waals surface area contributed by atoms with Gasteiger partial charge < -0.3 is 24.4 Å². The van der Waals surface area contributed by atoms with E-state index in [1.165, 1.54) is 9.80 Å². The van der Waals surface area contributed by atoms with E-state index < -0.39 is 0 Å². The Bertz CT molecular complexity index is 856. The van der Waals surface area contributed by atoms with E-state index in [0.717, 1.165) is 55.4 Å². The van der Waals surface area contributed by atoms with Crippen molar-refractivity contribution >= 4 is 17.5 Å². The van der Waals surface area contributed by atoms with E-state index in [-0.39, 0.29) is 11.8 Å². The summed E-state index contributed by atoms with van der Waals surface area (Å²) in [5, 5.41) is 3.06. The Morgan fingerprint density at radius 1 is 1.03 bits per heavy atom. The largest absolute Gasteiger partial charge is 0.464 e. The van der Waals surface area contributed by atoms with Crippen LogP contribution < -0.4 is 15.1 Å². The van der Waals surface area contributed by atoms with Gasteiger partial charge in [-0.3, -0.25) is 9.59 Å². The molecule has 3 N–H and O–H groups in total. The maximum atomic E-state index is 12.5. The number of furan rings is 1. The minimum Gasteiger partial charge on any atom is -0.464 e. The van der Waals surface area contributed by atoms with Crippen molar-refractivity contribution in [3.8, 4) is 0 Å². The Morgan fingerprint density at radius 2 is 1.70 bits per heavy atom. The maximum Gasteiger partial charge on any atom is 0.279 e. The normalized spacial score (nSPS) is 18.8. The van der Waals surface area contributed by atoms with Crippen LogP contribution in [0.1, 0.15) is 24.0 Å². The van der Waals surface area contributed by atoms with Crippen LogP contribution in [-0.2, 0) is 22.6 Å². The van der Waals surface area contributed by atoms with Gasteiger partial charge in [-0.1, -0.05) is 25.1 Å². The second-order valence-electron chi connectivity index (χ2n) is 8.17. The van der Waals surface area contributed by atoms with Crippen LogP contribution in [0.3, 0.4) is 0 Å². The zero-order valence-corrected chi connectivity index (χ0v) is 18.3. The number of nitrogens with one attached hydrogen (secondary N) is 3. The van der Waals surface area contributed by atoms with Gasteiger partial charge in [-0.05, 0) is 37.1 Å². The summed E-state index contributed by atoms with van der Waals surface area (Å²) in [6.45, 7) is 9.03. The van der Waals surface area contributed by atoms with Gasteiger partial charge in [0.15, 0.2) is 13.1 Å². The van der Waals surface area contributed by atoms with Gasteiger partial charge >= 0.3 is 0 Å². The first kappa shape index (κ1) is 22.1. The number of likely N-dealkylation sites (N-methyl/N-ethyl adjacent to an activating group) is 1. The number of aryl methyl sites for hydroxylation is 2. The molecule has 0 aliphatic carbocycles. The van der Waals surface area contributed by atoms with Crippen LogP contribution in [0.2, 0.25) is 0 Å². The molecule has 162 valence electrons. The second kappa shape index (κ2) is 10.4. The fourth-order valence-corrected chi connectivity index (χ4v) is 3.92. The lowest BCUT2D eigenvalue weighted by Gasteiger charge is -2.30. The van der Waals surface area contributed by atoms with E-state index in [1.54, 1.807) is 4.90 Å². The number of nitrogens with zero attached hydrogens (tertiary/aromatic N) is 1. The molecule has 1 aliphatic heterocycles. The molecule has 0 bridgehead atoms. The zero-order chi connectivity index (χ0) is 21.5. The van der Waals surface area contributed by atoms with Gasteiger partial charge in [0.2, 0.25) is 0 Å². The number of carbonyl (C=O) groups excluding carboxylic acids is 2. The third kappa shape index (κ3) is 6.18. The number of benzene rings is 1. The van der Waals surface area contributed by atoms with Crippen molar-refractivity contribution in [3.05, 3.63) is 53.5 Å². The van der Waals surface area contributed by atoms with Crippen molar-refractivity contribution in [1.29, 1.82) is 0 Å². The summed E-state index contributed by atoms with van der Waals surface area (Å²) in [5.74, 6) is 1.84. The smallest absolute Gasteiger partial charge is 0.279 e. The summed E-state index contributed by atoms with van der Waals surface area (Å²) in [5.41, 5.74) is 2.07. The average Bonchev–Trinajstić information content (AvgIpc) is 3.14. The highest BCUT2D eigenvalue weighted by molar-refractivity contribution is 5.92. The van der Waals surface area contributed by atoms with Gasteiger partial charge in [-0.25, -0.2) is 0 Å². The fraction of sp³-hybridized carbons (Fsp3) is 0.478. The van der Waals surface area contributed by atoms with E-state index in [0.29, 0.717) is 19.6 Å². The van der Waals surface area contributed by atoms with Crippen LogP contribution in [0.15, 0.2) is 40.8 Å². The van der Waals surface area contributed by atoms with Crippen molar-refractivity contribution in [1.82, 2.24) is 4.90 Å². The minimum atomic E-state index is 0.0545. The highest BCUT2D eigenvalue weighted by Gasteiger charge is 2.27. The topological polar surface area (TPSA) is 71.4 Å². The highest BCUT2D eigenvalue weighted by atomic mass is 16.3. The molecule has 2 amide bonds. The molecule has 7 heteroatoms. The van der Waals surface area contributed by atoms with E-state index >= 15 is 0 Å². The summed E-state index contributed by atoms with van der Waals surface area (Å²) in [6, 6.07) is 11.8. The van der Waals surface area contributed by atoms with Crippen LogP contribution in [0.25, 0.3) is 0 Å². The van der Waals surface area contributed by atoms with Gasteiger partial charge in [-0.2, -0.15) is 0 Å². The number of quaternary nitrogens is 2. The van der Waals surface area contributed by atoms with Crippen LogP contribution in [0.4, 0.5) is 5.69 Å². The number of hydrogen-bond donors (Lipinski definition) is 3. The van der Waals surface area contributed by atoms with E-state index in [1.807, 2.05) is 50.4 Å². The van der Waals surface area contributed by atoms with Gasteiger partial charge in [0, 0.05) is 12.7 Å². The molecule has 7 nitrogen and oxygen atoms in total. The average molecular weight is 415 g/mol. The molecule has 2 aromatic rings. The Kier molecular flexibility index (Phi) is 7.65. The molecule has 0 saturated carbocycles. The third-order valence-corrected chi connectivity index (χ3v) is 5.76. The first-order valence-electron chi connectivity index (χ1n) is 10.8. The van der Waals surface area contributed by atoms with E-state index in [9.17, 15) is 9.59 Å². The molecule has 0 atom stereocenters. The van der Waals surface area contributed by atoms with Crippen molar-refractivity contribution in [2.24, 2.45) is 0 Å². The lowest BCUT2D eigenvalue weighted by molar-refractivity contribution is -1.00. The molecule has 1 saturated heterocycles. The molecule has 0 spiro atoms. The molecule has 3 rings (SSSR count). The first-order chi connectivity index (χ1) is 14.4. The Hall–Kier alpha value is -2.64. The number of rotatable bonds is 8. The molecule has 0 unspecified atom stereocenters. The number of piperazine rings is 1. The number of hydrogen-bond acceptors (Lipinski definition) is 3. The number of para-hydroxylation sites is 1. The SMILES string of the molecule is CCc1ccccc1NC(=O)C[NH+]1CC[NH+](CC(=O)N(C)Cc2ccc(C)o2)CC1. The molecule has 1 fully saturated rings. The molecule has 1 aliphatic rings. The molecule has 2 heterocycles. The molecular formula is C23H34N4O3+2. The van der Waals surface area contributed by atoms with E-state index in [4.69, 9.17) is 4.42 Å². The Labute approximate surface area is 178 Å². The summed E-state index contributed by atoms with van der Waals surface area (Å²) in [6.07, 6.45) is 0.896. The molecule has 30 heavy (non-hydrogen) atoms. The highest BCUT2D eigenvalue weighted by Crippen LogP contribution is 2.14. The Morgan fingerprint density at radius 3 is 2.33 bits per heavy atom. The maximum absolute atomic E-state index is 12.5. The van der Waals surface area contributed by atoms with Crippen LogP contribution in [0.5, 0.6) is 0 Å². The predicted molar refractivity (Wildman–Crippen MR) is 115 cm³/mol. The summed E-state index contributed by atoms with van der Waals surface area (Å²) in [4.78, 5) is 29.3. The van der Waals surface area contributed by atoms with Crippen LogP contribution in [-0.4, -0.2) is 63.0 Å². The molecule has 1 aromatic heterocycles. The fourth-order valence-electron chi connectivity index (χ4n) is 3.92. The van der Waals surface area contributed by atoms with Crippen molar-refractivity contribution in [2.45, 2.75) is 26.8 Å². The van der Waals surface area contributed by atoms with Crippen molar-refractivity contribution < 1.29 is 23.8 Å². The molecule has 0 radical (unpaired) electrons.